The molecule has 0 aliphatic carbocycles. The summed E-state index contributed by atoms with van der Waals surface area (Å²) in [6.07, 6.45) is 3.17. The quantitative estimate of drug-likeness (QED) is 0.545. The van der Waals surface area contributed by atoms with Crippen molar-refractivity contribution in [2.75, 3.05) is 22.7 Å². The summed E-state index contributed by atoms with van der Waals surface area (Å²) in [6.45, 7) is 4.70. The van der Waals surface area contributed by atoms with Crippen molar-refractivity contribution in [2.24, 2.45) is 0 Å². The molecule has 0 saturated heterocycles. The van der Waals surface area contributed by atoms with Gasteiger partial charge < -0.3 is 10.6 Å². The van der Waals surface area contributed by atoms with Crippen LogP contribution in [0.3, 0.4) is 0 Å². The monoisotopic (exact) mass is 429 g/mol. The van der Waals surface area contributed by atoms with E-state index in [4.69, 9.17) is 0 Å². The molecule has 0 saturated carbocycles. The summed E-state index contributed by atoms with van der Waals surface area (Å²) in [4.78, 5) is 24.3. The molecule has 3 rings (SSSR count). The summed E-state index contributed by atoms with van der Waals surface area (Å²) in [7, 11) is -3.73. The largest absolute Gasteiger partial charge is 0.348 e. The Kier molecular flexibility index (Phi) is 6.77. The van der Waals surface area contributed by atoms with Crippen LogP contribution < -0.4 is 14.9 Å². The van der Waals surface area contributed by atoms with Gasteiger partial charge in [-0.15, -0.1) is 0 Å². The minimum absolute atomic E-state index is 0.227. The van der Waals surface area contributed by atoms with Crippen molar-refractivity contribution in [3.63, 3.8) is 0 Å². The number of nitrogens with zero attached hydrogens (tertiary/aromatic N) is 1. The summed E-state index contributed by atoms with van der Waals surface area (Å²) in [5, 5.41) is 5.13. The van der Waals surface area contributed by atoms with Crippen LogP contribution in [0, 0.1) is 6.92 Å². The molecule has 2 aromatic rings. The minimum atomic E-state index is -3.73. The van der Waals surface area contributed by atoms with Crippen LogP contribution in [0.25, 0.3) is 0 Å². The highest BCUT2D eigenvalue weighted by Gasteiger charge is 2.29. The van der Waals surface area contributed by atoms with E-state index >= 15 is 0 Å². The van der Waals surface area contributed by atoms with Crippen LogP contribution >= 0.6 is 0 Å². The number of fused-ring (bicyclic) bond motifs is 1. The summed E-state index contributed by atoms with van der Waals surface area (Å²) in [5.41, 5.74) is 2.79. The van der Waals surface area contributed by atoms with Crippen LogP contribution in [0.15, 0.2) is 47.4 Å². The standard InChI is InChI=1S/C22H27N3O4S/c1-3-4-13-23-21(26)22(27)24-18-10-9-17-6-5-14-25(20(17)15-18)30(28,29)19-11-7-16(2)8-12-19/h7-12,15H,3-6,13-14H2,1-2H3,(H,23,26)(H,24,27). The lowest BCUT2D eigenvalue weighted by molar-refractivity contribution is -0.136. The van der Waals surface area contributed by atoms with Crippen LogP contribution in [0.5, 0.6) is 0 Å². The molecule has 160 valence electrons. The molecule has 8 heteroatoms. The van der Waals surface area contributed by atoms with E-state index in [2.05, 4.69) is 10.6 Å². The number of carbonyl (C=O) groups is 2. The Morgan fingerprint density at radius 2 is 1.80 bits per heavy atom. The lowest BCUT2D eigenvalue weighted by Crippen LogP contribution is -2.37. The normalized spacial score (nSPS) is 13.5. The molecule has 0 fully saturated rings. The van der Waals surface area contributed by atoms with Crippen LogP contribution in [-0.2, 0) is 26.0 Å². The molecule has 2 N–H and O–H groups in total. The molecular weight excluding hydrogens is 402 g/mol. The van der Waals surface area contributed by atoms with E-state index in [1.165, 1.54) is 4.31 Å². The molecule has 2 aromatic carbocycles. The molecule has 0 spiro atoms. The van der Waals surface area contributed by atoms with Crippen molar-refractivity contribution in [1.82, 2.24) is 5.32 Å². The van der Waals surface area contributed by atoms with E-state index in [9.17, 15) is 18.0 Å². The predicted octanol–water partition coefficient (Wildman–Crippen LogP) is 2.99. The first-order valence-corrected chi connectivity index (χ1v) is 11.6. The zero-order valence-electron chi connectivity index (χ0n) is 17.3. The second-order valence-electron chi connectivity index (χ2n) is 7.40. The summed E-state index contributed by atoms with van der Waals surface area (Å²) >= 11 is 0. The number of hydrogen-bond acceptors (Lipinski definition) is 4. The van der Waals surface area contributed by atoms with Gasteiger partial charge in [-0.3, -0.25) is 13.9 Å². The van der Waals surface area contributed by atoms with Crippen LogP contribution in [0.1, 0.15) is 37.3 Å². The van der Waals surface area contributed by atoms with Crippen molar-refractivity contribution in [2.45, 2.75) is 44.4 Å². The second-order valence-corrected chi connectivity index (χ2v) is 9.26. The van der Waals surface area contributed by atoms with E-state index in [-0.39, 0.29) is 4.90 Å². The third kappa shape index (κ3) is 4.81. The number of carbonyl (C=O) groups excluding carboxylic acids is 2. The smallest absolute Gasteiger partial charge is 0.313 e. The fraction of sp³-hybridized carbons (Fsp3) is 0.364. The van der Waals surface area contributed by atoms with Gasteiger partial charge in [0.05, 0.1) is 10.6 Å². The summed E-state index contributed by atoms with van der Waals surface area (Å²) < 4.78 is 27.8. The number of amides is 2. The molecule has 1 aliphatic rings. The predicted molar refractivity (Wildman–Crippen MR) is 117 cm³/mol. The van der Waals surface area contributed by atoms with Gasteiger partial charge in [0.2, 0.25) is 0 Å². The lowest BCUT2D eigenvalue weighted by Gasteiger charge is -2.31. The molecule has 0 atom stereocenters. The van der Waals surface area contributed by atoms with Gasteiger partial charge in [-0.05, 0) is 56.0 Å². The third-order valence-corrected chi connectivity index (χ3v) is 6.88. The summed E-state index contributed by atoms with van der Waals surface area (Å²) in [6, 6.07) is 11.9. The SMILES string of the molecule is CCCCNC(=O)C(=O)Nc1ccc2c(c1)N(S(=O)(=O)c1ccc(C)cc1)CCC2. The maximum Gasteiger partial charge on any atom is 0.313 e. The Morgan fingerprint density at radius 1 is 1.07 bits per heavy atom. The number of unbranched alkanes of at least 4 members (excludes halogenated alkanes) is 1. The van der Waals surface area contributed by atoms with E-state index in [0.717, 1.165) is 30.4 Å². The van der Waals surface area contributed by atoms with Gasteiger partial charge >= 0.3 is 11.8 Å². The zero-order valence-corrected chi connectivity index (χ0v) is 18.1. The van der Waals surface area contributed by atoms with Gasteiger partial charge in [-0.25, -0.2) is 8.42 Å². The molecular formula is C22H27N3O4S. The first-order valence-electron chi connectivity index (χ1n) is 10.1. The Hall–Kier alpha value is -2.87. The molecule has 0 bridgehead atoms. The number of aryl methyl sites for hydroxylation is 2. The summed E-state index contributed by atoms with van der Waals surface area (Å²) in [5.74, 6) is -1.47. The molecule has 7 nitrogen and oxygen atoms in total. The highest BCUT2D eigenvalue weighted by atomic mass is 32.2. The first-order chi connectivity index (χ1) is 14.3. The average Bonchev–Trinajstić information content (AvgIpc) is 2.73. The lowest BCUT2D eigenvalue weighted by atomic mass is 10.0. The van der Waals surface area contributed by atoms with Crippen molar-refractivity contribution in [3.05, 3.63) is 53.6 Å². The topological polar surface area (TPSA) is 95.6 Å². The van der Waals surface area contributed by atoms with Crippen LogP contribution in [0.4, 0.5) is 11.4 Å². The Labute approximate surface area is 177 Å². The van der Waals surface area contributed by atoms with E-state index in [1.807, 2.05) is 13.8 Å². The average molecular weight is 430 g/mol. The molecule has 0 radical (unpaired) electrons. The molecule has 2 amide bonds. The first kappa shape index (κ1) is 21.8. The number of anilines is 2. The van der Waals surface area contributed by atoms with Gasteiger partial charge in [-0.2, -0.15) is 0 Å². The van der Waals surface area contributed by atoms with Crippen molar-refractivity contribution < 1.29 is 18.0 Å². The molecule has 1 heterocycles. The molecule has 0 aromatic heterocycles. The van der Waals surface area contributed by atoms with Crippen molar-refractivity contribution in [1.29, 1.82) is 0 Å². The number of sulfonamides is 1. The van der Waals surface area contributed by atoms with Crippen molar-refractivity contribution in [3.8, 4) is 0 Å². The Bertz CT molecular complexity index is 1030. The second kappa shape index (κ2) is 9.30. The zero-order chi connectivity index (χ0) is 21.7. The maximum atomic E-state index is 13.2. The highest BCUT2D eigenvalue weighted by Crippen LogP contribution is 2.34. The number of benzene rings is 2. The fourth-order valence-corrected chi connectivity index (χ4v) is 4.89. The highest BCUT2D eigenvalue weighted by molar-refractivity contribution is 7.92. The molecule has 30 heavy (non-hydrogen) atoms. The maximum absolute atomic E-state index is 13.2. The molecule has 1 aliphatic heterocycles. The van der Waals surface area contributed by atoms with Crippen LogP contribution in [-0.4, -0.2) is 33.3 Å². The van der Waals surface area contributed by atoms with E-state index in [0.29, 0.717) is 30.9 Å². The van der Waals surface area contributed by atoms with E-state index in [1.54, 1.807) is 42.5 Å². The van der Waals surface area contributed by atoms with Gasteiger partial charge in [0, 0.05) is 18.8 Å². The minimum Gasteiger partial charge on any atom is -0.348 e. The van der Waals surface area contributed by atoms with Gasteiger partial charge in [0.15, 0.2) is 0 Å². The third-order valence-electron chi connectivity index (χ3n) is 5.05. The Morgan fingerprint density at radius 3 is 2.50 bits per heavy atom. The van der Waals surface area contributed by atoms with Gasteiger partial charge in [0.1, 0.15) is 0 Å². The van der Waals surface area contributed by atoms with E-state index < -0.39 is 21.8 Å². The van der Waals surface area contributed by atoms with Crippen molar-refractivity contribution >= 4 is 33.2 Å². The Balaban J connectivity index is 1.83. The van der Waals surface area contributed by atoms with Gasteiger partial charge in [-0.1, -0.05) is 37.1 Å². The number of hydrogen-bond donors (Lipinski definition) is 2. The number of rotatable bonds is 6. The number of nitrogens with one attached hydrogen (secondary N) is 2. The van der Waals surface area contributed by atoms with Gasteiger partial charge in [0.25, 0.3) is 10.0 Å². The van der Waals surface area contributed by atoms with Crippen LogP contribution in [0.2, 0.25) is 0 Å². The fourth-order valence-electron chi connectivity index (χ4n) is 3.35. The molecule has 0 unspecified atom stereocenters.